The van der Waals surface area contributed by atoms with Gasteiger partial charge in [-0.05, 0) is 41.4 Å². The maximum Gasteiger partial charge on any atom is 0.138 e. The second kappa shape index (κ2) is 3.21. The fourth-order valence-electron chi connectivity index (χ4n) is 1.93. The lowest BCUT2D eigenvalue weighted by Crippen LogP contribution is -1.74. The van der Waals surface area contributed by atoms with E-state index in [-0.39, 0.29) is 0 Å². The van der Waals surface area contributed by atoms with E-state index in [9.17, 15) is 0 Å². The van der Waals surface area contributed by atoms with E-state index in [1.54, 1.807) is 11.3 Å². The highest BCUT2D eigenvalue weighted by molar-refractivity contribution is 7.08. The Bertz CT molecular complexity index is 593. The lowest BCUT2D eigenvalue weighted by atomic mass is 10.1. The Morgan fingerprint density at radius 2 is 2.27 bits per heavy atom. The largest absolute Gasteiger partial charge is 0.343 e. The number of fused-ring (bicyclic) bond motifs is 1. The lowest BCUT2D eigenvalue weighted by molar-refractivity contribution is 1.25. The fraction of sp³-hybridized carbons (Fsp3) is 0.0833. The zero-order valence-corrected chi connectivity index (χ0v) is 9.14. The number of rotatable bonds is 1. The second-order valence-electron chi connectivity index (χ2n) is 3.54. The number of aromatic amines is 1. The molecule has 0 aliphatic carbocycles. The molecule has 3 heterocycles. The van der Waals surface area contributed by atoms with E-state index in [0.29, 0.717) is 0 Å². The molecule has 0 aliphatic heterocycles. The second-order valence-corrected chi connectivity index (χ2v) is 4.32. The van der Waals surface area contributed by atoms with Crippen molar-refractivity contribution in [3.05, 3.63) is 40.8 Å². The summed E-state index contributed by atoms with van der Waals surface area (Å²) in [5.41, 5.74) is 4.70. The van der Waals surface area contributed by atoms with Crippen LogP contribution in [0.25, 0.3) is 22.2 Å². The van der Waals surface area contributed by atoms with Crippen molar-refractivity contribution in [2.24, 2.45) is 0 Å². The summed E-state index contributed by atoms with van der Waals surface area (Å²) in [5, 5.41) is 5.47. The van der Waals surface area contributed by atoms with Crippen molar-refractivity contribution in [1.82, 2.24) is 9.97 Å². The molecule has 0 aromatic carbocycles. The van der Waals surface area contributed by atoms with Gasteiger partial charge in [0.05, 0.1) is 0 Å². The van der Waals surface area contributed by atoms with Crippen LogP contribution >= 0.6 is 11.3 Å². The highest BCUT2D eigenvalue weighted by Crippen LogP contribution is 2.32. The molecule has 0 atom stereocenters. The summed E-state index contributed by atoms with van der Waals surface area (Å²) in [7, 11) is 0. The molecule has 3 rings (SSSR count). The molecule has 2 nitrogen and oxygen atoms in total. The van der Waals surface area contributed by atoms with Crippen LogP contribution in [-0.4, -0.2) is 9.97 Å². The average Bonchev–Trinajstić information content (AvgIpc) is 2.82. The molecule has 0 saturated heterocycles. The quantitative estimate of drug-likeness (QED) is 0.658. The van der Waals surface area contributed by atoms with Gasteiger partial charge in [0.2, 0.25) is 0 Å². The molecule has 15 heavy (non-hydrogen) atoms. The zero-order chi connectivity index (χ0) is 10.3. The highest BCUT2D eigenvalue weighted by Gasteiger charge is 2.10. The van der Waals surface area contributed by atoms with Crippen molar-refractivity contribution >= 4 is 22.4 Å². The number of hydrogen-bond acceptors (Lipinski definition) is 2. The molecule has 3 aromatic rings. The molecular formula is C12H10N2S. The topological polar surface area (TPSA) is 28.7 Å². The predicted molar refractivity (Wildman–Crippen MR) is 64.1 cm³/mol. The van der Waals surface area contributed by atoms with E-state index in [1.165, 1.54) is 22.2 Å². The Hall–Kier alpha value is -1.61. The van der Waals surface area contributed by atoms with Gasteiger partial charge < -0.3 is 4.98 Å². The third kappa shape index (κ3) is 1.27. The van der Waals surface area contributed by atoms with E-state index in [2.05, 4.69) is 39.8 Å². The van der Waals surface area contributed by atoms with Crippen LogP contribution in [0.1, 0.15) is 5.69 Å². The lowest BCUT2D eigenvalue weighted by Gasteiger charge is -1.96. The first-order valence-electron chi connectivity index (χ1n) is 4.82. The van der Waals surface area contributed by atoms with Crippen LogP contribution in [0.3, 0.4) is 0 Å². The minimum Gasteiger partial charge on any atom is -0.343 e. The number of nitrogens with zero attached hydrogens (tertiary/aromatic N) is 1. The molecule has 0 unspecified atom stereocenters. The highest BCUT2D eigenvalue weighted by atomic mass is 32.1. The van der Waals surface area contributed by atoms with Gasteiger partial charge in [0, 0.05) is 22.8 Å². The van der Waals surface area contributed by atoms with Gasteiger partial charge >= 0.3 is 0 Å². The maximum absolute atomic E-state index is 4.32. The summed E-state index contributed by atoms with van der Waals surface area (Å²) in [6, 6.07) is 6.23. The minimum absolute atomic E-state index is 0.969. The van der Waals surface area contributed by atoms with Gasteiger partial charge in [-0.3, -0.25) is 0 Å². The third-order valence-electron chi connectivity index (χ3n) is 2.57. The number of thiophene rings is 1. The smallest absolute Gasteiger partial charge is 0.138 e. The monoisotopic (exact) mass is 214 g/mol. The Labute approximate surface area is 91.6 Å². The van der Waals surface area contributed by atoms with Crippen LogP contribution in [0.5, 0.6) is 0 Å². The zero-order valence-electron chi connectivity index (χ0n) is 8.32. The van der Waals surface area contributed by atoms with Crippen molar-refractivity contribution in [3.8, 4) is 11.1 Å². The predicted octanol–water partition coefficient (Wildman–Crippen LogP) is 3.60. The first kappa shape index (κ1) is 8.68. The normalized spacial score (nSPS) is 11.0. The van der Waals surface area contributed by atoms with Crippen LogP contribution in [0.4, 0.5) is 0 Å². The van der Waals surface area contributed by atoms with Gasteiger partial charge in [-0.1, -0.05) is 0 Å². The van der Waals surface area contributed by atoms with Gasteiger partial charge in [-0.15, -0.1) is 0 Å². The molecule has 74 valence electrons. The maximum atomic E-state index is 4.32. The van der Waals surface area contributed by atoms with E-state index in [4.69, 9.17) is 0 Å². The molecule has 3 aromatic heterocycles. The van der Waals surface area contributed by atoms with E-state index in [1.807, 2.05) is 12.3 Å². The Morgan fingerprint density at radius 1 is 1.33 bits per heavy atom. The standard InChI is InChI=1S/C12H10N2S/c1-8-11(9-4-6-15-7-9)10-3-2-5-13-12(10)14-8/h2-7H,1H3,(H,13,14). The number of aromatic nitrogens is 2. The first-order valence-corrected chi connectivity index (χ1v) is 5.76. The molecule has 0 spiro atoms. The number of hydrogen-bond donors (Lipinski definition) is 1. The minimum atomic E-state index is 0.969. The summed E-state index contributed by atoms with van der Waals surface area (Å²) in [6.07, 6.45) is 1.82. The summed E-state index contributed by atoms with van der Waals surface area (Å²) >= 11 is 1.72. The van der Waals surface area contributed by atoms with Crippen molar-refractivity contribution in [3.63, 3.8) is 0 Å². The van der Waals surface area contributed by atoms with Crippen LogP contribution in [-0.2, 0) is 0 Å². The molecule has 3 heteroatoms. The number of aryl methyl sites for hydroxylation is 1. The van der Waals surface area contributed by atoms with E-state index >= 15 is 0 Å². The number of nitrogens with one attached hydrogen (secondary N) is 1. The van der Waals surface area contributed by atoms with Gasteiger partial charge in [0.25, 0.3) is 0 Å². The van der Waals surface area contributed by atoms with Gasteiger partial charge in [-0.25, -0.2) is 4.98 Å². The van der Waals surface area contributed by atoms with Gasteiger partial charge in [-0.2, -0.15) is 11.3 Å². The SMILES string of the molecule is Cc1[nH]c2ncccc2c1-c1ccsc1. The first-order chi connectivity index (χ1) is 7.36. The van der Waals surface area contributed by atoms with Crippen LogP contribution in [0, 0.1) is 6.92 Å². The van der Waals surface area contributed by atoms with Crippen molar-refractivity contribution in [1.29, 1.82) is 0 Å². The molecular weight excluding hydrogens is 204 g/mol. The summed E-state index contributed by atoms with van der Waals surface area (Å²) in [6.45, 7) is 2.09. The van der Waals surface area contributed by atoms with Gasteiger partial charge in [0.15, 0.2) is 0 Å². The average molecular weight is 214 g/mol. The summed E-state index contributed by atoms with van der Waals surface area (Å²) in [5.74, 6) is 0. The van der Waals surface area contributed by atoms with Crippen molar-refractivity contribution in [2.75, 3.05) is 0 Å². The van der Waals surface area contributed by atoms with Gasteiger partial charge in [0.1, 0.15) is 5.65 Å². The van der Waals surface area contributed by atoms with Crippen LogP contribution in [0.15, 0.2) is 35.2 Å². The Kier molecular flexibility index (Phi) is 1.86. The number of H-pyrrole nitrogens is 1. The molecule has 0 bridgehead atoms. The molecule has 0 amide bonds. The molecule has 0 aliphatic rings. The summed E-state index contributed by atoms with van der Waals surface area (Å²) in [4.78, 5) is 7.63. The van der Waals surface area contributed by atoms with E-state index in [0.717, 1.165) is 5.65 Å². The molecule has 0 fully saturated rings. The van der Waals surface area contributed by atoms with Crippen LogP contribution in [0.2, 0.25) is 0 Å². The summed E-state index contributed by atoms with van der Waals surface area (Å²) < 4.78 is 0. The Morgan fingerprint density at radius 3 is 3.07 bits per heavy atom. The Balaban J connectivity index is 2.39. The van der Waals surface area contributed by atoms with Crippen molar-refractivity contribution < 1.29 is 0 Å². The number of pyridine rings is 1. The van der Waals surface area contributed by atoms with E-state index < -0.39 is 0 Å². The molecule has 1 N–H and O–H groups in total. The van der Waals surface area contributed by atoms with Crippen LogP contribution < -0.4 is 0 Å². The molecule has 0 saturated carbocycles. The third-order valence-corrected chi connectivity index (χ3v) is 3.25. The fourth-order valence-corrected chi connectivity index (χ4v) is 2.57. The molecule has 0 radical (unpaired) electrons. The van der Waals surface area contributed by atoms with Crippen molar-refractivity contribution in [2.45, 2.75) is 6.92 Å².